The molecule has 2 heterocycles. The molecule has 0 saturated carbocycles. The molecule has 0 aliphatic carbocycles. The molecule has 14 heteroatoms. The van der Waals surface area contributed by atoms with E-state index in [4.69, 9.17) is 5.73 Å². The number of nitrogens with zero attached hydrogens (tertiary/aromatic N) is 1. The van der Waals surface area contributed by atoms with E-state index in [9.17, 15) is 24.3 Å². The predicted octanol–water partition coefficient (Wildman–Crippen LogP) is 2.59. The average Bonchev–Trinajstić information content (AvgIpc) is 3.92. The van der Waals surface area contributed by atoms with E-state index in [1.165, 1.54) is 0 Å². The summed E-state index contributed by atoms with van der Waals surface area (Å²) in [7, 11) is 0. The summed E-state index contributed by atoms with van der Waals surface area (Å²) in [5, 5.41) is 26.1. The first-order chi connectivity index (χ1) is 28.2. The molecular weight excluding hydrogens is 735 g/mol. The number of nitrogens with two attached hydrogens (primary N) is 1. The van der Waals surface area contributed by atoms with Crippen molar-refractivity contribution >= 4 is 34.5 Å². The lowest BCUT2D eigenvalue weighted by atomic mass is 10.0. The Kier molecular flexibility index (Phi) is 17.0. The molecule has 308 valence electrons. The first kappa shape index (κ1) is 43.3. The normalized spacial score (nSPS) is 13.8. The first-order valence-corrected chi connectivity index (χ1v) is 20.1. The van der Waals surface area contributed by atoms with Gasteiger partial charge in [-0.1, -0.05) is 85.3 Å². The lowest BCUT2D eigenvalue weighted by molar-refractivity contribution is -0.133. The molecule has 14 nitrogen and oxygen atoms in total. The number of aromatic nitrogens is 3. The fraction of sp³-hybridized carbons (Fsp3) is 0.386. The molecule has 0 saturated heterocycles. The standard InChI is InChI=1S/C44H57N9O5/c1-30(50-43(57)39(23-32-14-6-3-7-15-32)52-41(55)20-19-34-26-46-29-49-34)42(56)53-40(24-33-25-48-38-18-9-8-17-37(33)38)44(58)51-36(22-31-12-4-2-5-13-31)27-47-35(28-54)16-10-11-21-45/h2-9,12-15,17-18,25-26,29-30,35-36,39-40,47-48,54H,10-11,16,19-24,27-28,45H2,1H3,(H,46,49)(H,50,57)(H,51,58)(H,52,55)(H,53,56). The van der Waals surface area contributed by atoms with Crippen LogP contribution in [0.5, 0.6) is 0 Å². The number of aliphatic hydroxyl groups is 1. The SMILES string of the molecule is CC(NC(=O)C(Cc1ccccc1)NC(=O)CCc1cnc[nH]1)C(=O)NC(Cc1c[nH]c2ccccc12)C(=O)NC(CNC(CO)CCCCN)Cc1ccccc1. The van der Waals surface area contributed by atoms with Crippen LogP contribution in [0, 0.1) is 0 Å². The van der Waals surface area contributed by atoms with Crippen LogP contribution in [0.25, 0.3) is 10.9 Å². The third-order valence-electron chi connectivity index (χ3n) is 10.1. The van der Waals surface area contributed by atoms with E-state index in [-0.39, 0.29) is 43.9 Å². The number of aromatic amines is 2. The Labute approximate surface area is 339 Å². The van der Waals surface area contributed by atoms with Crippen LogP contribution in [0.15, 0.2) is 104 Å². The zero-order valence-corrected chi connectivity index (χ0v) is 33.1. The van der Waals surface area contributed by atoms with Gasteiger partial charge in [-0.2, -0.15) is 0 Å². The summed E-state index contributed by atoms with van der Waals surface area (Å²) >= 11 is 0. The molecule has 5 unspecified atom stereocenters. The molecular formula is C44H57N9O5. The predicted molar refractivity (Wildman–Crippen MR) is 224 cm³/mol. The second-order valence-electron chi connectivity index (χ2n) is 14.7. The van der Waals surface area contributed by atoms with Crippen LogP contribution < -0.4 is 32.3 Å². The molecule has 58 heavy (non-hydrogen) atoms. The van der Waals surface area contributed by atoms with Crippen molar-refractivity contribution in [2.45, 2.75) is 88.5 Å². The van der Waals surface area contributed by atoms with Gasteiger partial charge in [0, 0.05) is 66.9 Å². The number of benzene rings is 3. The summed E-state index contributed by atoms with van der Waals surface area (Å²) in [6.07, 6.45) is 8.93. The number of carbonyl (C=O) groups is 4. The Bertz CT molecular complexity index is 2010. The number of hydrogen-bond acceptors (Lipinski definition) is 8. The van der Waals surface area contributed by atoms with Crippen molar-refractivity contribution < 1.29 is 24.3 Å². The van der Waals surface area contributed by atoms with Crippen molar-refractivity contribution in [1.29, 1.82) is 0 Å². The second-order valence-corrected chi connectivity index (χ2v) is 14.7. The van der Waals surface area contributed by atoms with E-state index in [1.54, 1.807) is 19.4 Å². The van der Waals surface area contributed by atoms with Crippen molar-refractivity contribution in [1.82, 2.24) is 41.5 Å². The minimum absolute atomic E-state index is 0.0551. The molecule has 10 N–H and O–H groups in total. The van der Waals surface area contributed by atoms with E-state index in [1.807, 2.05) is 91.1 Å². The number of aliphatic hydroxyl groups excluding tert-OH is 1. The van der Waals surface area contributed by atoms with Crippen LogP contribution in [0.1, 0.15) is 55.0 Å². The van der Waals surface area contributed by atoms with Gasteiger partial charge in [0.05, 0.1) is 12.9 Å². The van der Waals surface area contributed by atoms with Gasteiger partial charge in [-0.3, -0.25) is 19.2 Å². The number of H-pyrrole nitrogens is 2. The van der Waals surface area contributed by atoms with E-state index in [0.717, 1.165) is 52.5 Å². The van der Waals surface area contributed by atoms with Gasteiger partial charge in [0.25, 0.3) is 0 Å². The highest BCUT2D eigenvalue weighted by Gasteiger charge is 2.30. The van der Waals surface area contributed by atoms with Crippen LogP contribution in [-0.2, 0) is 44.9 Å². The zero-order chi connectivity index (χ0) is 41.1. The number of aryl methyl sites for hydroxylation is 1. The van der Waals surface area contributed by atoms with Crippen LogP contribution in [0.2, 0.25) is 0 Å². The maximum atomic E-state index is 14.3. The highest BCUT2D eigenvalue weighted by molar-refractivity contribution is 5.94. The number of amides is 4. The first-order valence-electron chi connectivity index (χ1n) is 20.1. The van der Waals surface area contributed by atoms with Gasteiger partial charge in [-0.25, -0.2) is 4.98 Å². The average molecular weight is 792 g/mol. The Morgan fingerprint density at radius 1 is 0.741 bits per heavy atom. The summed E-state index contributed by atoms with van der Waals surface area (Å²) in [6.45, 7) is 2.45. The summed E-state index contributed by atoms with van der Waals surface area (Å²) in [5.41, 5.74) is 10.1. The lowest BCUT2D eigenvalue weighted by Gasteiger charge is -2.27. The molecule has 0 aliphatic rings. The molecule has 5 atom stereocenters. The molecule has 3 aromatic carbocycles. The highest BCUT2D eigenvalue weighted by atomic mass is 16.3. The largest absolute Gasteiger partial charge is 0.395 e. The molecule has 5 rings (SSSR count). The third kappa shape index (κ3) is 13.7. The van der Waals surface area contributed by atoms with Crippen LogP contribution >= 0.6 is 0 Å². The number of rotatable bonds is 24. The molecule has 0 bridgehead atoms. The van der Waals surface area contributed by atoms with E-state index in [0.29, 0.717) is 25.9 Å². The third-order valence-corrected chi connectivity index (χ3v) is 10.1. The second kappa shape index (κ2) is 22.8. The smallest absolute Gasteiger partial charge is 0.243 e. The minimum Gasteiger partial charge on any atom is -0.395 e. The van der Waals surface area contributed by atoms with E-state index in [2.05, 4.69) is 41.5 Å². The Morgan fingerprint density at radius 3 is 2.10 bits per heavy atom. The number of carbonyl (C=O) groups excluding carboxylic acids is 4. The van der Waals surface area contributed by atoms with Gasteiger partial charge in [0.1, 0.15) is 18.1 Å². The number of fused-ring (bicyclic) bond motifs is 1. The van der Waals surface area contributed by atoms with Crippen molar-refractivity contribution in [2.75, 3.05) is 19.7 Å². The van der Waals surface area contributed by atoms with Gasteiger partial charge in [-0.15, -0.1) is 0 Å². The molecule has 2 aromatic heterocycles. The summed E-state index contributed by atoms with van der Waals surface area (Å²) in [6, 6.07) is 23.3. The zero-order valence-electron chi connectivity index (χ0n) is 33.1. The highest BCUT2D eigenvalue weighted by Crippen LogP contribution is 2.19. The Hall–Kier alpha value is -5.83. The maximum Gasteiger partial charge on any atom is 0.243 e. The minimum atomic E-state index is -1.05. The lowest BCUT2D eigenvalue weighted by Crippen LogP contribution is -2.58. The fourth-order valence-corrected chi connectivity index (χ4v) is 6.88. The fourth-order valence-electron chi connectivity index (χ4n) is 6.88. The van der Waals surface area contributed by atoms with Crippen molar-refractivity contribution in [3.8, 4) is 0 Å². The number of imidazole rings is 1. The number of hydrogen-bond donors (Lipinski definition) is 9. The summed E-state index contributed by atoms with van der Waals surface area (Å²) in [5.74, 6) is -1.80. The monoisotopic (exact) mass is 791 g/mol. The van der Waals surface area contributed by atoms with Gasteiger partial charge in [0.15, 0.2) is 0 Å². The Balaban J connectivity index is 1.30. The van der Waals surface area contributed by atoms with Gasteiger partial charge in [-0.05, 0) is 61.9 Å². The van der Waals surface area contributed by atoms with Gasteiger partial charge >= 0.3 is 0 Å². The van der Waals surface area contributed by atoms with Crippen LogP contribution in [0.3, 0.4) is 0 Å². The molecule has 0 spiro atoms. The summed E-state index contributed by atoms with van der Waals surface area (Å²) < 4.78 is 0. The van der Waals surface area contributed by atoms with Crippen LogP contribution in [-0.4, -0.2) is 93.6 Å². The maximum absolute atomic E-state index is 14.3. The molecule has 0 fully saturated rings. The van der Waals surface area contributed by atoms with Crippen molar-refractivity contribution in [3.63, 3.8) is 0 Å². The molecule has 0 aliphatic heterocycles. The van der Waals surface area contributed by atoms with E-state index >= 15 is 0 Å². The van der Waals surface area contributed by atoms with Gasteiger partial charge < -0.3 is 47.4 Å². The molecule has 4 amide bonds. The number of para-hydroxylation sites is 1. The quantitative estimate of drug-likeness (QED) is 0.0422. The number of unbranched alkanes of at least 4 members (excludes halogenated alkanes) is 1. The Morgan fingerprint density at radius 2 is 1.41 bits per heavy atom. The number of nitrogens with one attached hydrogen (secondary N) is 7. The topological polar surface area (TPSA) is 219 Å². The van der Waals surface area contributed by atoms with Gasteiger partial charge in [0.2, 0.25) is 23.6 Å². The van der Waals surface area contributed by atoms with Crippen LogP contribution in [0.4, 0.5) is 0 Å². The molecule has 5 aromatic rings. The van der Waals surface area contributed by atoms with Crippen molar-refractivity contribution in [3.05, 3.63) is 126 Å². The summed E-state index contributed by atoms with van der Waals surface area (Å²) in [4.78, 5) is 65.2. The van der Waals surface area contributed by atoms with E-state index < -0.39 is 35.8 Å². The molecule has 0 radical (unpaired) electrons. The van der Waals surface area contributed by atoms with Crippen molar-refractivity contribution in [2.24, 2.45) is 5.73 Å².